The highest BCUT2D eigenvalue weighted by molar-refractivity contribution is 5.98. The summed E-state index contributed by atoms with van der Waals surface area (Å²) in [5.74, 6) is 0.465. The largest absolute Gasteiger partial charge is 0.444 e. The summed E-state index contributed by atoms with van der Waals surface area (Å²) in [6.07, 6.45) is 6.30. The Kier molecular flexibility index (Phi) is 4.22. The molecule has 1 saturated carbocycles. The summed E-state index contributed by atoms with van der Waals surface area (Å²) >= 11 is 0. The van der Waals surface area contributed by atoms with Crippen molar-refractivity contribution in [2.24, 2.45) is 5.73 Å². The third-order valence-electron chi connectivity index (χ3n) is 4.54. The third-order valence-corrected chi connectivity index (χ3v) is 4.54. The number of aromatic nitrogens is 1. The fourth-order valence-electron chi connectivity index (χ4n) is 3.07. The lowest BCUT2D eigenvalue weighted by Crippen LogP contribution is -2.52. The number of amides is 1. The number of nitrogens with one attached hydrogen (secondary N) is 1. The summed E-state index contributed by atoms with van der Waals surface area (Å²) < 4.78 is 5.48. The minimum absolute atomic E-state index is 0.101. The van der Waals surface area contributed by atoms with Crippen LogP contribution in [0.5, 0.6) is 0 Å². The SMILES string of the molecule is Cc1coc(-c2cc(NC(=O)C3(N)CCCCC3)ccc2C)n1. The Hall–Kier alpha value is -2.14. The van der Waals surface area contributed by atoms with Gasteiger partial charge in [-0.1, -0.05) is 25.3 Å². The number of hydrogen-bond acceptors (Lipinski definition) is 4. The highest BCUT2D eigenvalue weighted by Crippen LogP contribution is 2.29. The number of anilines is 1. The van der Waals surface area contributed by atoms with Crippen molar-refractivity contribution >= 4 is 11.6 Å². The number of hydrogen-bond donors (Lipinski definition) is 2. The first-order valence-corrected chi connectivity index (χ1v) is 8.11. The molecule has 0 aliphatic heterocycles. The highest BCUT2D eigenvalue weighted by Gasteiger charge is 2.35. The van der Waals surface area contributed by atoms with E-state index in [4.69, 9.17) is 10.2 Å². The first-order valence-electron chi connectivity index (χ1n) is 8.11. The van der Waals surface area contributed by atoms with Crippen LogP contribution in [0.15, 0.2) is 28.9 Å². The average Bonchev–Trinajstić information content (AvgIpc) is 2.96. The van der Waals surface area contributed by atoms with E-state index in [0.29, 0.717) is 5.89 Å². The first-order chi connectivity index (χ1) is 11.0. The molecule has 0 saturated heterocycles. The maximum absolute atomic E-state index is 12.6. The standard InChI is InChI=1S/C18H23N3O2/c1-12-6-7-14(10-15(12)16-20-13(2)11-23-16)21-17(22)18(19)8-4-3-5-9-18/h6-7,10-11H,3-5,8-9,19H2,1-2H3,(H,21,22). The second-order valence-electron chi connectivity index (χ2n) is 6.49. The van der Waals surface area contributed by atoms with Crippen molar-refractivity contribution in [1.29, 1.82) is 0 Å². The molecule has 1 aliphatic rings. The molecule has 1 aliphatic carbocycles. The molecule has 0 radical (unpaired) electrons. The molecule has 23 heavy (non-hydrogen) atoms. The van der Waals surface area contributed by atoms with Crippen LogP contribution in [0.4, 0.5) is 5.69 Å². The van der Waals surface area contributed by atoms with Crippen LogP contribution in [0.25, 0.3) is 11.5 Å². The van der Waals surface area contributed by atoms with Gasteiger partial charge in [0.2, 0.25) is 11.8 Å². The van der Waals surface area contributed by atoms with Crippen molar-refractivity contribution < 1.29 is 9.21 Å². The van der Waals surface area contributed by atoms with Gasteiger partial charge in [-0.2, -0.15) is 0 Å². The summed E-state index contributed by atoms with van der Waals surface area (Å²) in [7, 11) is 0. The minimum Gasteiger partial charge on any atom is -0.444 e. The highest BCUT2D eigenvalue weighted by atomic mass is 16.3. The van der Waals surface area contributed by atoms with Crippen molar-refractivity contribution in [3.8, 4) is 11.5 Å². The summed E-state index contributed by atoms with van der Waals surface area (Å²) in [5, 5.41) is 2.96. The molecular weight excluding hydrogens is 290 g/mol. The van der Waals surface area contributed by atoms with E-state index in [1.165, 1.54) is 0 Å². The number of rotatable bonds is 3. The minimum atomic E-state index is -0.747. The van der Waals surface area contributed by atoms with Crippen molar-refractivity contribution in [2.75, 3.05) is 5.32 Å². The first kappa shape index (κ1) is 15.7. The van der Waals surface area contributed by atoms with Gasteiger partial charge in [0.1, 0.15) is 6.26 Å². The van der Waals surface area contributed by atoms with Crippen LogP contribution >= 0.6 is 0 Å². The van der Waals surface area contributed by atoms with E-state index in [9.17, 15) is 4.79 Å². The molecule has 5 heteroatoms. The Labute approximate surface area is 136 Å². The zero-order chi connectivity index (χ0) is 16.4. The van der Waals surface area contributed by atoms with Gasteiger partial charge in [0.05, 0.1) is 11.2 Å². The van der Waals surface area contributed by atoms with Crippen molar-refractivity contribution in [3.63, 3.8) is 0 Å². The van der Waals surface area contributed by atoms with Crippen LogP contribution in [0.1, 0.15) is 43.4 Å². The third kappa shape index (κ3) is 3.29. The van der Waals surface area contributed by atoms with Gasteiger partial charge < -0.3 is 15.5 Å². The molecule has 1 aromatic carbocycles. The Bertz CT molecular complexity index is 715. The quantitative estimate of drug-likeness (QED) is 0.908. The monoisotopic (exact) mass is 313 g/mol. The van der Waals surface area contributed by atoms with E-state index in [2.05, 4.69) is 10.3 Å². The van der Waals surface area contributed by atoms with Gasteiger partial charge in [0.25, 0.3) is 0 Å². The molecule has 2 aromatic rings. The Morgan fingerprint density at radius 2 is 2.00 bits per heavy atom. The van der Waals surface area contributed by atoms with Gasteiger partial charge in [0, 0.05) is 11.3 Å². The molecule has 0 unspecified atom stereocenters. The zero-order valence-corrected chi connectivity index (χ0v) is 13.7. The van der Waals surface area contributed by atoms with E-state index in [1.54, 1.807) is 6.26 Å². The van der Waals surface area contributed by atoms with Gasteiger partial charge in [-0.05, 0) is 44.4 Å². The van der Waals surface area contributed by atoms with E-state index in [-0.39, 0.29) is 5.91 Å². The van der Waals surface area contributed by atoms with Gasteiger partial charge in [-0.15, -0.1) is 0 Å². The predicted octanol–water partition coefficient (Wildman–Crippen LogP) is 3.56. The lowest BCUT2D eigenvalue weighted by atomic mass is 9.82. The molecule has 3 rings (SSSR count). The molecule has 5 nitrogen and oxygen atoms in total. The normalized spacial score (nSPS) is 17.0. The van der Waals surface area contributed by atoms with Crippen LogP contribution < -0.4 is 11.1 Å². The van der Waals surface area contributed by atoms with Crippen molar-refractivity contribution in [3.05, 3.63) is 35.7 Å². The fraction of sp³-hybridized carbons (Fsp3) is 0.444. The van der Waals surface area contributed by atoms with Gasteiger partial charge in [-0.3, -0.25) is 4.79 Å². The molecule has 1 heterocycles. The maximum atomic E-state index is 12.6. The fourth-order valence-corrected chi connectivity index (χ4v) is 3.07. The van der Waals surface area contributed by atoms with Crippen LogP contribution in [0.2, 0.25) is 0 Å². The zero-order valence-electron chi connectivity index (χ0n) is 13.7. The number of aryl methyl sites for hydroxylation is 2. The summed E-state index contributed by atoms with van der Waals surface area (Å²) in [5.41, 5.74) is 9.02. The lowest BCUT2D eigenvalue weighted by molar-refractivity contribution is -0.122. The summed E-state index contributed by atoms with van der Waals surface area (Å²) in [4.78, 5) is 16.9. The smallest absolute Gasteiger partial charge is 0.244 e. The van der Waals surface area contributed by atoms with Gasteiger partial charge in [0.15, 0.2) is 0 Å². The summed E-state index contributed by atoms with van der Waals surface area (Å²) in [6, 6.07) is 5.73. The maximum Gasteiger partial charge on any atom is 0.244 e. The predicted molar refractivity (Wildman–Crippen MR) is 90.0 cm³/mol. The van der Waals surface area contributed by atoms with Crippen LogP contribution in [-0.4, -0.2) is 16.4 Å². The molecule has 0 spiro atoms. The second-order valence-corrected chi connectivity index (χ2v) is 6.49. The second kappa shape index (κ2) is 6.16. The number of nitrogens with zero attached hydrogens (tertiary/aromatic N) is 1. The number of oxazole rings is 1. The summed E-state index contributed by atoms with van der Waals surface area (Å²) in [6.45, 7) is 3.88. The van der Waals surface area contributed by atoms with Crippen LogP contribution in [-0.2, 0) is 4.79 Å². The van der Waals surface area contributed by atoms with Gasteiger partial charge in [-0.25, -0.2) is 4.98 Å². The topological polar surface area (TPSA) is 81.2 Å². The van der Waals surface area contributed by atoms with Crippen LogP contribution in [0, 0.1) is 13.8 Å². The van der Waals surface area contributed by atoms with E-state index >= 15 is 0 Å². The molecule has 122 valence electrons. The van der Waals surface area contributed by atoms with Crippen molar-refractivity contribution in [1.82, 2.24) is 4.98 Å². The number of carbonyl (C=O) groups is 1. The van der Waals surface area contributed by atoms with E-state index in [0.717, 1.165) is 54.6 Å². The molecule has 0 atom stereocenters. The Morgan fingerprint density at radius 1 is 1.26 bits per heavy atom. The lowest BCUT2D eigenvalue weighted by Gasteiger charge is -2.31. The molecule has 0 bridgehead atoms. The van der Waals surface area contributed by atoms with E-state index < -0.39 is 5.54 Å². The number of benzene rings is 1. The Morgan fingerprint density at radius 3 is 2.65 bits per heavy atom. The average molecular weight is 313 g/mol. The van der Waals surface area contributed by atoms with E-state index in [1.807, 2.05) is 32.0 Å². The van der Waals surface area contributed by atoms with Gasteiger partial charge >= 0.3 is 0 Å². The number of nitrogens with two attached hydrogens (primary N) is 1. The molecular formula is C18H23N3O2. The molecule has 1 aromatic heterocycles. The molecule has 3 N–H and O–H groups in total. The van der Waals surface area contributed by atoms with Crippen LogP contribution in [0.3, 0.4) is 0 Å². The molecule has 1 fully saturated rings. The number of carbonyl (C=O) groups excluding carboxylic acids is 1. The Balaban J connectivity index is 1.82. The van der Waals surface area contributed by atoms with Crippen molar-refractivity contribution in [2.45, 2.75) is 51.5 Å². The molecule has 1 amide bonds.